The van der Waals surface area contributed by atoms with Crippen LogP contribution in [0.25, 0.3) is 11.1 Å². The number of rotatable bonds is 8. The van der Waals surface area contributed by atoms with Gasteiger partial charge in [-0.25, -0.2) is 0 Å². The molecule has 0 bridgehead atoms. The highest BCUT2D eigenvalue weighted by Crippen LogP contribution is 2.56. The van der Waals surface area contributed by atoms with Crippen molar-refractivity contribution in [1.82, 2.24) is 0 Å². The van der Waals surface area contributed by atoms with E-state index in [1.807, 2.05) is 0 Å². The van der Waals surface area contributed by atoms with Gasteiger partial charge < -0.3 is 0 Å². The molecule has 0 spiro atoms. The van der Waals surface area contributed by atoms with E-state index in [1.165, 1.54) is 12.1 Å². The molecular formula is C19H15ClF10NO2S+. The minimum atomic E-state index is -7.51. The van der Waals surface area contributed by atoms with Gasteiger partial charge in [0.15, 0.2) is 6.54 Å². The Morgan fingerprint density at radius 3 is 1.47 bits per heavy atom. The lowest BCUT2D eigenvalue weighted by Crippen LogP contribution is -2.66. The minimum absolute atomic E-state index is 0.191. The van der Waals surface area contributed by atoms with Crippen LogP contribution in [0.1, 0.15) is 11.1 Å². The lowest BCUT2D eigenvalue weighted by atomic mass is 10.0. The molecule has 0 N–H and O–H groups in total. The highest BCUT2D eigenvalue weighted by Gasteiger charge is 2.88. The van der Waals surface area contributed by atoms with Gasteiger partial charge in [0.1, 0.15) is 7.05 Å². The lowest BCUT2D eigenvalue weighted by molar-refractivity contribution is -0.946. The molecule has 0 heterocycles. The molecule has 0 aliphatic carbocycles. The van der Waals surface area contributed by atoms with E-state index in [4.69, 9.17) is 11.6 Å². The van der Waals surface area contributed by atoms with Crippen LogP contribution >= 0.6 is 11.6 Å². The SMILES string of the molecule is C[N+](F)(Cc1ccc(-c2ccc(CCl)cc2)cc1)S(=O)(=O)C(F)(F)C(F)(F)C(F)(F)C(F)(F)F. The van der Waals surface area contributed by atoms with Crippen LogP contribution < -0.4 is 0 Å². The third-order valence-corrected chi connectivity index (χ3v) is 7.15. The van der Waals surface area contributed by atoms with Gasteiger partial charge in [0.25, 0.3) is 0 Å². The van der Waals surface area contributed by atoms with Crippen molar-refractivity contribution < 1.29 is 56.5 Å². The summed E-state index contributed by atoms with van der Waals surface area (Å²) in [6.45, 7) is -1.60. The Labute approximate surface area is 192 Å². The number of nitrogens with zero attached hydrogens (tertiary/aromatic N) is 1. The van der Waals surface area contributed by atoms with Crippen molar-refractivity contribution in [3.8, 4) is 11.1 Å². The lowest BCUT2D eigenvalue weighted by Gasteiger charge is -2.34. The zero-order valence-corrected chi connectivity index (χ0v) is 18.4. The molecule has 34 heavy (non-hydrogen) atoms. The summed E-state index contributed by atoms with van der Waals surface area (Å²) in [6.07, 6.45) is -7.24. The summed E-state index contributed by atoms with van der Waals surface area (Å²) in [5.74, 6) is -14.8. The van der Waals surface area contributed by atoms with Gasteiger partial charge >= 0.3 is 33.3 Å². The van der Waals surface area contributed by atoms with Crippen molar-refractivity contribution >= 4 is 21.6 Å². The average Bonchev–Trinajstić information content (AvgIpc) is 2.72. The van der Waals surface area contributed by atoms with E-state index in [1.54, 1.807) is 24.3 Å². The summed E-state index contributed by atoms with van der Waals surface area (Å²) in [7, 11) is -7.50. The maximum atomic E-state index is 14.8. The van der Waals surface area contributed by atoms with Crippen LogP contribution in [0.3, 0.4) is 0 Å². The van der Waals surface area contributed by atoms with Crippen molar-refractivity contribution in [2.45, 2.75) is 35.7 Å². The number of halogens is 11. The molecule has 190 valence electrons. The van der Waals surface area contributed by atoms with Crippen LogP contribution in [-0.4, -0.2) is 42.9 Å². The monoisotopic (exact) mass is 546 g/mol. The van der Waals surface area contributed by atoms with E-state index in [0.29, 0.717) is 11.1 Å². The van der Waals surface area contributed by atoms with Crippen LogP contribution in [0.15, 0.2) is 48.5 Å². The average molecular weight is 547 g/mol. The van der Waals surface area contributed by atoms with Crippen LogP contribution in [0.5, 0.6) is 0 Å². The van der Waals surface area contributed by atoms with Crippen LogP contribution in [0.4, 0.5) is 44.0 Å². The normalized spacial score (nSPS) is 15.8. The zero-order valence-electron chi connectivity index (χ0n) is 16.9. The van der Waals surface area contributed by atoms with Gasteiger partial charge in [-0.05, 0) is 20.8 Å². The molecule has 0 aliphatic heterocycles. The first kappa shape index (κ1) is 28.2. The number of hydrogen-bond donors (Lipinski definition) is 0. The maximum absolute atomic E-state index is 14.8. The van der Waals surface area contributed by atoms with Gasteiger partial charge in [0.2, 0.25) is 0 Å². The van der Waals surface area contributed by atoms with Crippen molar-refractivity contribution in [2.75, 3.05) is 7.05 Å². The van der Waals surface area contributed by atoms with Gasteiger partial charge in [-0.2, -0.15) is 47.9 Å². The summed E-state index contributed by atoms with van der Waals surface area (Å²) in [5.41, 5.74) is 1.52. The molecule has 3 nitrogen and oxygen atoms in total. The fraction of sp³-hybridized carbons (Fsp3) is 0.368. The summed E-state index contributed by atoms with van der Waals surface area (Å²) >= 11 is 5.67. The summed E-state index contributed by atoms with van der Waals surface area (Å²) in [4.78, 5) is 0. The molecule has 1 atom stereocenters. The molecule has 0 amide bonds. The molecule has 0 aliphatic rings. The molecule has 15 heteroatoms. The van der Waals surface area contributed by atoms with E-state index in [-0.39, 0.29) is 18.5 Å². The fourth-order valence-electron chi connectivity index (χ4n) is 2.76. The van der Waals surface area contributed by atoms with Crippen molar-refractivity contribution in [3.63, 3.8) is 0 Å². The Morgan fingerprint density at radius 2 is 1.12 bits per heavy atom. The second kappa shape index (κ2) is 8.86. The minimum Gasteiger partial charge on any atom is -0.191 e. The topological polar surface area (TPSA) is 34.1 Å². The van der Waals surface area contributed by atoms with Gasteiger partial charge in [-0.1, -0.05) is 48.5 Å². The van der Waals surface area contributed by atoms with E-state index in [9.17, 15) is 52.4 Å². The summed E-state index contributed by atoms with van der Waals surface area (Å²) in [5, 5.41) is -7.13. The van der Waals surface area contributed by atoms with Gasteiger partial charge in [0.05, 0.1) is 0 Å². The Bertz CT molecular complexity index is 1120. The summed E-state index contributed by atoms with van der Waals surface area (Å²) < 4.78 is 153. The number of hydrogen-bond acceptors (Lipinski definition) is 2. The number of quaternary nitrogens is 1. The first-order valence-electron chi connectivity index (χ1n) is 8.97. The molecule has 2 rings (SSSR count). The second-order valence-electron chi connectivity index (χ2n) is 7.31. The van der Waals surface area contributed by atoms with E-state index in [2.05, 4.69) is 0 Å². The van der Waals surface area contributed by atoms with Crippen LogP contribution in [0, 0.1) is 0 Å². The standard InChI is InChI=1S/C19H15ClF10NO2S/c1-31(30,34(32,33)19(28,29)17(23,24)16(21,22)18(25,26)27)11-13-4-8-15(9-5-13)14-6-2-12(10-20)3-7-14/h2-9H,10-11H2,1H3/q+1. The van der Waals surface area contributed by atoms with Gasteiger partial charge in [-0.15, -0.1) is 11.6 Å². The molecule has 0 fully saturated rings. The zero-order chi connectivity index (χ0) is 26.4. The fourth-order valence-corrected chi connectivity index (χ4v) is 4.19. The highest BCUT2D eigenvalue weighted by molar-refractivity contribution is 7.86. The third-order valence-electron chi connectivity index (χ3n) is 4.80. The molecular weight excluding hydrogens is 532 g/mol. The Balaban J connectivity index is 2.37. The number of sulfonamides is 1. The first-order valence-corrected chi connectivity index (χ1v) is 10.9. The van der Waals surface area contributed by atoms with E-state index in [0.717, 1.165) is 17.7 Å². The van der Waals surface area contributed by atoms with Gasteiger partial charge in [0, 0.05) is 15.9 Å². The Hall–Kier alpha value is -2.06. The molecule has 0 aromatic heterocycles. The smallest absolute Gasteiger partial charge is 0.191 e. The van der Waals surface area contributed by atoms with Crippen molar-refractivity contribution in [2.24, 2.45) is 0 Å². The molecule has 2 aromatic carbocycles. The Morgan fingerprint density at radius 1 is 0.735 bits per heavy atom. The predicted molar refractivity (Wildman–Crippen MR) is 102 cm³/mol. The van der Waals surface area contributed by atoms with E-state index >= 15 is 0 Å². The molecule has 0 saturated heterocycles. The van der Waals surface area contributed by atoms with Crippen LogP contribution in [0.2, 0.25) is 0 Å². The maximum Gasteiger partial charge on any atom is 0.467 e. The van der Waals surface area contributed by atoms with E-state index < -0.39 is 44.0 Å². The predicted octanol–water partition coefficient (Wildman–Crippen LogP) is 6.68. The summed E-state index contributed by atoms with van der Waals surface area (Å²) in [6, 6.07) is 11.3. The van der Waals surface area contributed by atoms with Crippen LogP contribution in [-0.2, 0) is 22.4 Å². The van der Waals surface area contributed by atoms with Gasteiger partial charge in [-0.3, -0.25) is 0 Å². The van der Waals surface area contributed by atoms with Crippen molar-refractivity contribution in [1.29, 1.82) is 0 Å². The number of benzene rings is 2. The number of alkyl halides is 10. The molecule has 1 unspecified atom stereocenters. The second-order valence-corrected chi connectivity index (χ2v) is 9.80. The van der Waals surface area contributed by atoms with Crippen molar-refractivity contribution in [3.05, 3.63) is 59.7 Å². The quantitative estimate of drug-likeness (QED) is 0.210. The molecule has 0 saturated carbocycles. The third kappa shape index (κ3) is 4.59. The highest BCUT2D eigenvalue weighted by atomic mass is 35.5. The molecule has 2 aromatic rings. The largest absolute Gasteiger partial charge is 0.467 e. The first-order chi connectivity index (χ1) is 15.2. The molecule has 0 radical (unpaired) electrons. The Kier molecular flexibility index (Phi) is 7.35.